The Hall–Kier alpha value is -3.00. The second-order valence-electron chi connectivity index (χ2n) is 8.60. The highest BCUT2D eigenvalue weighted by molar-refractivity contribution is 7.10. The molecule has 33 heavy (non-hydrogen) atoms. The van der Waals surface area contributed by atoms with E-state index in [4.69, 9.17) is 4.74 Å². The Morgan fingerprint density at radius 1 is 1.18 bits per heavy atom. The highest BCUT2D eigenvalue weighted by Gasteiger charge is 2.32. The summed E-state index contributed by atoms with van der Waals surface area (Å²) in [5.74, 6) is -2.41. The third-order valence-electron chi connectivity index (χ3n) is 5.79. The van der Waals surface area contributed by atoms with E-state index in [0.717, 1.165) is 16.9 Å². The van der Waals surface area contributed by atoms with Crippen LogP contribution in [0.3, 0.4) is 0 Å². The first-order valence-corrected chi connectivity index (χ1v) is 12.1. The molecule has 2 amide bonds. The standard InChI is InChI=1S/C25H30N2O5S/c1-16(2)22(27-25(31)32-15-17-7-4-3-5-8-17)20(28)13-19-10-6-9-18-11-12-33-21(18)14-26-24(30)23(19)29/h3-5,7-8,11-12,16,19,22H,6,9-10,13-15H2,1-2H3,(H,26,30)(H,27,31). The number of alkyl carbamates (subject to hydrolysis) is 1. The number of nitrogens with one attached hydrogen (secondary N) is 2. The fourth-order valence-electron chi connectivity index (χ4n) is 3.92. The number of ether oxygens (including phenoxy) is 1. The van der Waals surface area contributed by atoms with Gasteiger partial charge in [-0.15, -0.1) is 11.3 Å². The van der Waals surface area contributed by atoms with Crippen molar-refractivity contribution in [1.29, 1.82) is 0 Å². The zero-order valence-corrected chi connectivity index (χ0v) is 19.8. The van der Waals surface area contributed by atoms with Crippen LogP contribution in [0.2, 0.25) is 0 Å². The van der Waals surface area contributed by atoms with Gasteiger partial charge in [-0.2, -0.15) is 0 Å². The number of hydrogen-bond acceptors (Lipinski definition) is 6. The van der Waals surface area contributed by atoms with Crippen molar-refractivity contribution >= 4 is 34.9 Å². The molecule has 0 radical (unpaired) electrons. The van der Waals surface area contributed by atoms with Crippen molar-refractivity contribution in [3.8, 4) is 0 Å². The minimum atomic E-state index is -0.803. The highest BCUT2D eigenvalue weighted by Crippen LogP contribution is 2.24. The van der Waals surface area contributed by atoms with Crippen LogP contribution >= 0.6 is 11.3 Å². The Morgan fingerprint density at radius 3 is 2.67 bits per heavy atom. The zero-order chi connectivity index (χ0) is 23.8. The highest BCUT2D eigenvalue weighted by atomic mass is 32.1. The first-order valence-electron chi connectivity index (χ1n) is 11.2. The smallest absolute Gasteiger partial charge is 0.408 e. The van der Waals surface area contributed by atoms with E-state index in [1.165, 1.54) is 5.56 Å². The predicted molar refractivity (Wildman–Crippen MR) is 126 cm³/mol. The fraction of sp³-hybridized carbons (Fsp3) is 0.440. The number of carbonyl (C=O) groups is 4. The first kappa shape index (κ1) is 24.6. The topological polar surface area (TPSA) is 102 Å². The summed E-state index contributed by atoms with van der Waals surface area (Å²) >= 11 is 1.56. The Morgan fingerprint density at radius 2 is 1.94 bits per heavy atom. The maximum absolute atomic E-state index is 13.1. The van der Waals surface area contributed by atoms with Crippen molar-refractivity contribution in [2.75, 3.05) is 0 Å². The van der Waals surface area contributed by atoms with Crippen molar-refractivity contribution in [3.63, 3.8) is 0 Å². The zero-order valence-electron chi connectivity index (χ0n) is 19.0. The van der Waals surface area contributed by atoms with E-state index in [0.29, 0.717) is 19.4 Å². The van der Waals surface area contributed by atoms with Crippen molar-refractivity contribution < 1.29 is 23.9 Å². The number of rotatable bonds is 7. The second-order valence-corrected chi connectivity index (χ2v) is 9.60. The van der Waals surface area contributed by atoms with E-state index < -0.39 is 29.7 Å². The molecule has 2 heterocycles. The van der Waals surface area contributed by atoms with E-state index >= 15 is 0 Å². The van der Waals surface area contributed by atoms with E-state index in [1.807, 2.05) is 55.6 Å². The molecule has 2 aromatic rings. The van der Waals surface area contributed by atoms with Gasteiger partial charge in [0.15, 0.2) is 5.78 Å². The number of fused-ring (bicyclic) bond motifs is 1. The molecule has 1 aromatic heterocycles. The number of amides is 2. The average Bonchev–Trinajstić information content (AvgIpc) is 3.25. The van der Waals surface area contributed by atoms with Gasteiger partial charge in [-0.3, -0.25) is 14.4 Å². The number of hydrogen-bond donors (Lipinski definition) is 2. The maximum Gasteiger partial charge on any atom is 0.408 e. The Labute approximate surface area is 197 Å². The lowest BCUT2D eigenvalue weighted by Crippen LogP contribution is -2.46. The van der Waals surface area contributed by atoms with Gasteiger partial charge in [-0.05, 0) is 47.8 Å². The number of thiophene rings is 1. The summed E-state index contributed by atoms with van der Waals surface area (Å²) in [7, 11) is 0. The minimum absolute atomic E-state index is 0.0927. The molecule has 0 bridgehead atoms. The summed E-state index contributed by atoms with van der Waals surface area (Å²) in [5, 5.41) is 7.31. The lowest BCUT2D eigenvalue weighted by Gasteiger charge is -2.23. The summed E-state index contributed by atoms with van der Waals surface area (Å²) in [6.45, 7) is 4.05. The van der Waals surface area contributed by atoms with Crippen molar-refractivity contribution in [1.82, 2.24) is 10.6 Å². The summed E-state index contributed by atoms with van der Waals surface area (Å²) in [6, 6.07) is 10.5. The molecule has 0 spiro atoms. The van der Waals surface area contributed by atoms with Gasteiger partial charge >= 0.3 is 6.09 Å². The molecule has 2 unspecified atom stereocenters. The SMILES string of the molecule is CC(C)C(NC(=O)OCc1ccccc1)C(=O)CC1CCCc2ccsc2CNC(=O)C1=O. The number of carbonyl (C=O) groups excluding carboxylic acids is 4. The van der Waals surface area contributed by atoms with Crippen LogP contribution in [0, 0.1) is 11.8 Å². The quantitative estimate of drug-likeness (QED) is 0.600. The molecule has 1 aliphatic heterocycles. The molecule has 0 saturated carbocycles. The average molecular weight is 471 g/mol. The Balaban J connectivity index is 1.61. The lowest BCUT2D eigenvalue weighted by atomic mass is 9.86. The summed E-state index contributed by atoms with van der Waals surface area (Å²) < 4.78 is 5.25. The molecular weight excluding hydrogens is 440 g/mol. The normalized spacial score (nSPS) is 17.6. The lowest BCUT2D eigenvalue weighted by molar-refractivity contribution is -0.141. The van der Waals surface area contributed by atoms with Crippen LogP contribution in [0.15, 0.2) is 41.8 Å². The van der Waals surface area contributed by atoms with Gasteiger partial charge in [0.25, 0.3) is 5.91 Å². The minimum Gasteiger partial charge on any atom is -0.445 e. The number of aryl methyl sites for hydroxylation is 1. The fourth-order valence-corrected chi connectivity index (χ4v) is 4.80. The molecule has 1 aromatic carbocycles. The van der Waals surface area contributed by atoms with Gasteiger partial charge in [0.1, 0.15) is 6.61 Å². The Bertz CT molecular complexity index is 986. The summed E-state index contributed by atoms with van der Waals surface area (Å²) in [5.41, 5.74) is 2.01. The van der Waals surface area contributed by atoms with Crippen molar-refractivity contribution in [3.05, 3.63) is 57.8 Å². The molecule has 8 heteroatoms. The first-order chi connectivity index (χ1) is 15.8. The van der Waals surface area contributed by atoms with Gasteiger partial charge in [0, 0.05) is 17.2 Å². The van der Waals surface area contributed by atoms with Crippen LogP contribution in [-0.2, 0) is 38.7 Å². The van der Waals surface area contributed by atoms with E-state index in [1.54, 1.807) is 11.3 Å². The summed E-state index contributed by atoms with van der Waals surface area (Å²) in [4.78, 5) is 51.6. The van der Waals surface area contributed by atoms with Gasteiger partial charge in [-0.1, -0.05) is 44.2 Å². The van der Waals surface area contributed by atoms with Crippen LogP contribution in [0.4, 0.5) is 4.79 Å². The second kappa shape index (κ2) is 11.7. The molecule has 2 atom stereocenters. The largest absolute Gasteiger partial charge is 0.445 e. The van der Waals surface area contributed by atoms with E-state index in [9.17, 15) is 19.2 Å². The monoisotopic (exact) mass is 470 g/mol. The van der Waals surface area contributed by atoms with Crippen LogP contribution < -0.4 is 10.6 Å². The van der Waals surface area contributed by atoms with Crippen LogP contribution in [0.1, 0.15) is 49.1 Å². The molecule has 176 valence electrons. The molecule has 0 aliphatic carbocycles. The number of benzene rings is 1. The van der Waals surface area contributed by atoms with Crippen LogP contribution in [-0.4, -0.2) is 29.6 Å². The number of Topliss-reactive ketones (excluding diaryl/α,β-unsaturated/α-hetero) is 2. The van der Waals surface area contributed by atoms with E-state index in [2.05, 4.69) is 10.6 Å². The predicted octanol–water partition coefficient (Wildman–Crippen LogP) is 3.80. The van der Waals surface area contributed by atoms with Crippen LogP contribution in [0.5, 0.6) is 0 Å². The third kappa shape index (κ3) is 6.99. The molecule has 7 nitrogen and oxygen atoms in total. The van der Waals surface area contributed by atoms with E-state index in [-0.39, 0.29) is 24.7 Å². The van der Waals surface area contributed by atoms with Gasteiger partial charge in [-0.25, -0.2) is 4.79 Å². The molecule has 0 fully saturated rings. The molecule has 0 saturated heterocycles. The van der Waals surface area contributed by atoms with Crippen molar-refractivity contribution in [2.24, 2.45) is 11.8 Å². The number of ketones is 2. The summed E-state index contributed by atoms with van der Waals surface area (Å²) in [6.07, 6.45) is 1.16. The van der Waals surface area contributed by atoms with Gasteiger partial charge in [0.05, 0.1) is 12.6 Å². The molecule has 2 N–H and O–H groups in total. The van der Waals surface area contributed by atoms with Gasteiger partial charge in [0.2, 0.25) is 5.78 Å². The maximum atomic E-state index is 13.1. The Kier molecular flexibility index (Phi) is 8.77. The molecule has 3 rings (SSSR count). The van der Waals surface area contributed by atoms with Crippen molar-refractivity contribution in [2.45, 2.75) is 58.7 Å². The van der Waals surface area contributed by atoms with Gasteiger partial charge < -0.3 is 15.4 Å². The molecular formula is C25H30N2O5S. The third-order valence-corrected chi connectivity index (χ3v) is 6.75. The van der Waals surface area contributed by atoms with Crippen LogP contribution in [0.25, 0.3) is 0 Å². The molecule has 1 aliphatic rings.